The molecule has 134 valence electrons. The molecule has 3 N–H and O–H groups in total. The molecule has 0 bridgehead atoms. The Bertz CT molecular complexity index is 1070. The van der Waals surface area contributed by atoms with Gasteiger partial charge < -0.3 is 15.3 Å². The fraction of sp³-hybridized carbons (Fsp3) is 0.0909. The molecule has 0 saturated carbocycles. The number of rotatable bonds is 3. The lowest BCUT2D eigenvalue weighted by Gasteiger charge is -2.28. The van der Waals surface area contributed by atoms with E-state index in [0.29, 0.717) is 5.70 Å². The van der Waals surface area contributed by atoms with E-state index in [1.54, 1.807) is 60.7 Å². The van der Waals surface area contributed by atoms with Gasteiger partial charge in [-0.2, -0.15) is 10.2 Å². The second kappa shape index (κ2) is 6.29. The average molecular weight is 358 g/mol. The summed E-state index contributed by atoms with van der Waals surface area (Å²) in [5.74, 6) is 0.455. The van der Waals surface area contributed by atoms with Crippen molar-refractivity contribution in [3.8, 4) is 17.2 Å². The largest absolute Gasteiger partial charge is 0.508 e. The zero-order chi connectivity index (χ0) is 19.0. The highest BCUT2D eigenvalue weighted by atomic mass is 16.3. The molecule has 1 unspecified atom stereocenters. The normalized spacial score (nSPS) is 18.9. The van der Waals surface area contributed by atoms with Gasteiger partial charge >= 0.3 is 0 Å². The molecule has 1 heterocycles. The Morgan fingerprint density at radius 1 is 0.704 bits per heavy atom. The van der Waals surface area contributed by atoms with Gasteiger partial charge in [0.05, 0.1) is 5.70 Å². The molecule has 4 rings (SSSR count). The molecule has 5 heteroatoms. The van der Waals surface area contributed by atoms with Crippen molar-refractivity contribution >= 4 is 5.70 Å². The molecule has 0 aromatic heterocycles. The van der Waals surface area contributed by atoms with E-state index in [1.165, 1.54) is 0 Å². The Balaban J connectivity index is 1.98. The van der Waals surface area contributed by atoms with Crippen LogP contribution in [0.1, 0.15) is 23.6 Å². The predicted molar refractivity (Wildman–Crippen MR) is 103 cm³/mol. The van der Waals surface area contributed by atoms with Crippen LogP contribution in [0.25, 0.3) is 5.70 Å². The maximum absolute atomic E-state index is 10.0. The standard InChI is InChI=1S/C22H18N2O3/c1-14-21(15-4-2-6-19(26)12-15)23-24-22(14,16-8-10-18(25)11-9-16)17-5-3-7-20(27)13-17/h2-13,25-27H,1H3. The van der Waals surface area contributed by atoms with Crippen LogP contribution < -0.4 is 0 Å². The molecule has 0 radical (unpaired) electrons. The van der Waals surface area contributed by atoms with Gasteiger partial charge in [0.15, 0.2) is 5.54 Å². The van der Waals surface area contributed by atoms with Crippen molar-refractivity contribution in [1.82, 2.24) is 0 Å². The molecule has 0 aliphatic carbocycles. The molecule has 1 aliphatic heterocycles. The Hall–Kier alpha value is -3.60. The molecule has 5 nitrogen and oxygen atoms in total. The lowest BCUT2D eigenvalue weighted by atomic mass is 9.77. The number of phenolic OH excluding ortho intramolecular Hbond substituents is 3. The molecule has 1 atom stereocenters. The van der Waals surface area contributed by atoms with Crippen molar-refractivity contribution in [2.45, 2.75) is 12.5 Å². The molecule has 0 spiro atoms. The van der Waals surface area contributed by atoms with Crippen LogP contribution in [0.3, 0.4) is 0 Å². The van der Waals surface area contributed by atoms with Crippen molar-refractivity contribution in [2.75, 3.05) is 0 Å². The predicted octanol–water partition coefficient (Wildman–Crippen LogP) is 4.94. The quantitative estimate of drug-likeness (QED) is 0.619. The SMILES string of the molecule is CC1=C(c2cccc(O)c2)N=NC1(c1ccc(O)cc1)c1cccc(O)c1. The first-order valence-electron chi connectivity index (χ1n) is 8.53. The Morgan fingerprint density at radius 2 is 1.37 bits per heavy atom. The summed E-state index contributed by atoms with van der Waals surface area (Å²) in [6.07, 6.45) is 0. The Kier molecular flexibility index (Phi) is 3.92. The molecular weight excluding hydrogens is 340 g/mol. The van der Waals surface area contributed by atoms with Crippen LogP contribution >= 0.6 is 0 Å². The lowest BCUT2D eigenvalue weighted by Crippen LogP contribution is -2.25. The van der Waals surface area contributed by atoms with Crippen LogP contribution in [-0.4, -0.2) is 15.3 Å². The fourth-order valence-corrected chi connectivity index (χ4v) is 3.52. The fourth-order valence-electron chi connectivity index (χ4n) is 3.52. The topological polar surface area (TPSA) is 85.4 Å². The summed E-state index contributed by atoms with van der Waals surface area (Å²) >= 11 is 0. The van der Waals surface area contributed by atoms with Gasteiger partial charge in [-0.25, -0.2) is 0 Å². The van der Waals surface area contributed by atoms with Crippen LogP contribution in [0.5, 0.6) is 17.2 Å². The summed E-state index contributed by atoms with van der Waals surface area (Å²) in [5, 5.41) is 38.6. The summed E-state index contributed by atoms with van der Waals surface area (Å²) in [6.45, 7) is 1.94. The number of benzene rings is 3. The molecule has 3 aromatic rings. The summed E-state index contributed by atoms with van der Waals surface area (Å²) in [5.41, 5.74) is 2.96. The summed E-state index contributed by atoms with van der Waals surface area (Å²) < 4.78 is 0. The number of nitrogens with zero attached hydrogens (tertiary/aromatic N) is 2. The van der Waals surface area contributed by atoms with Crippen molar-refractivity contribution in [3.63, 3.8) is 0 Å². The molecule has 3 aromatic carbocycles. The van der Waals surface area contributed by atoms with Crippen molar-refractivity contribution < 1.29 is 15.3 Å². The summed E-state index contributed by atoms with van der Waals surface area (Å²) in [7, 11) is 0. The van der Waals surface area contributed by atoms with Gasteiger partial charge in [0, 0.05) is 5.56 Å². The first-order chi connectivity index (χ1) is 13.0. The monoisotopic (exact) mass is 358 g/mol. The Labute approximate surface area is 156 Å². The molecule has 27 heavy (non-hydrogen) atoms. The third kappa shape index (κ3) is 2.73. The molecule has 0 amide bonds. The van der Waals surface area contributed by atoms with E-state index < -0.39 is 5.54 Å². The minimum atomic E-state index is -0.923. The Morgan fingerprint density at radius 3 is 2.04 bits per heavy atom. The van der Waals surface area contributed by atoms with Gasteiger partial charge in [-0.1, -0.05) is 36.4 Å². The van der Waals surface area contributed by atoms with Crippen LogP contribution in [0.2, 0.25) is 0 Å². The van der Waals surface area contributed by atoms with Crippen LogP contribution in [-0.2, 0) is 5.54 Å². The second-order valence-electron chi connectivity index (χ2n) is 6.53. The highest BCUT2D eigenvalue weighted by molar-refractivity contribution is 5.74. The molecule has 0 saturated heterocycles. The van der Waals surface area contributed by atoms with Gasteiger partial charge in [-0.05, 0) is 60.0 Å². The zero-order valence-electron chi connectivity index (χ0n) is 14.7. The van der Waals surface area contributed by atoms with Gasteiger partial charge in [-0.15, -0.1) is 0 Å². The van der Waals surface area contributed by atoms with Crippen LogP contribution in [0.4, 0.5) is 0 Å². The number of hydrogen-bond acceptors (Lipinski definition) is 5. The first kappa shape index (κ1) is 16.8. The average Bonchev–Trinajstić information content (AvgIpc) is 3.00. The van der Waals surface area contributed by atoms with E-state index in [0.717, 1.165) is 22.3 Å². The highest BCUT2D eigenvalue weighted by Gasteiger charge is 2.42. The third-order valence-corrected chi connectivity index (χ3v) is 4.87. The van der Waals surface area contributed by atoms with E-state index in [-0.39, 0.29) is 17.2 Å². The molecule has 1 aliphatic rings. The maximum Gasteiger partial charge on any atom is 0.155 e. The third-order valence-electron chi connectivity index (χ3n) is 4.87. The summed E-state index contributed by atoms with van der Waals surface area (Å²) in [4.78, 5) is 0. The van der Waals surface area contributed by atoms with E-state index in [2.05, 4.69) is 10.2 Å². The minimum absolute atomic E-state index is 0.138. The second-order valence-corrected chi connectivity index (χ2v) is 6.53. The number of azo groups is 1. The lowest BCUT2D eigenvalue weighted by molar-refractivity contribution is 0.471. The van der Waals surface area contributed by atoms with E-state index in [9.17, 15) is 15.3 Å². The smallest absolute Gasteiger partial charge is 0.155 e. The maximum atomic E-state index is 10.0. The molecular formula is C22H18N2O3. The van der Waals surface area contributed by atoms with Gasteiger partial charge in [-0.3, -0.25) is 0 Å². The van der Waals surface area contributed by atoms with Crippen molar-refractivity contribution in [2.24, 2.45) is 10.2 Å². The number of phenols is 3. The van der Waals surface area contributed by atoms with Gasteiger partial charge in [0.25, 0.3) is 0 Å². The van der Waals surface area contributed by atoms with Gasteiger partial charge in [0.1, 0.15) is 17.2 Å². The van der Waals surface area contributed by atoms with Gasteiger partial charge in [0.2, 0.25) is 0 Å². The number of aromatic hydroxyl groups is 3. The van der Waals surface area contributed by atoms with E-state index in [4.69, 9.17) is 0 Å². The van der Waals surface area contributed by atoms with Crippen LogP contribution in [0, 0.1) is 0 Å². The highest BCUT2D eigenvalue weighted by Crippen LogP contribution is 2.49. The molecule has 0 fully saturated rings. The zero-order valence-corrected chi connectivity index (χ0v) is 14.7. The van der Waals surface area contributed by atoms with Crippen molar-refractivity contribution in [1.29, 1.82) is 0 Å². The minimum Gasteiger partial charge on any atom is -0.508 e. The summed E-state index contributed by atoms with van der Waals surface area (Å²) in [6, 6.07) is 20.6. The van der Waals surface area contributed by atoms with E-state index in [1.807, 2.05) is 19.1 Å². The number of hydrogen-bond donors (Lipinski definition) is 3. The first-order valence-corrected chi connectivity index (χ1v) is 8.53. The van der Waals surface area contributed by atoms with Crippen molar-refractivity contribution in [3.05, 3.63) is 95.1 Å². The van der Waals surface area contributed by atoms with Crippen LogP contribution in [0.15, 0.2) is 88.6 Å². The van der Waals surface area contributed by atoms with E-state index >= 15 is 0 Å².